The fraction of sp³-hybridized carbons (Fsp3) is 0.500. The smallest absolute Gasteiger partial charge is 0.259 e. The fourth-order valence-electron chi connectivity index (χ4n) is 7.77. The van der Waals surface area contributed by atoms with E-state index >= 15 is 0 Å². The predicted octanol–water partition coefficient (Wildman–Crippen LogP) is 5.60. The van der Waals surface area contributed by atoms with Crippen LogP contribution in [0, 0.1) is 17.2 Å². The van der Waals surface area contributed by atoms with Crippen LogP contribution in [0.4, 0.5) is 0 Å². The number of methoxy groups -OCH3 is 2. The van der Waals surface area contributed by atoms with Gasteiger partial charge in [0.15, 0.2) is 12.3 Å². The van der Waals surface area contributed by atoms with Gasteiger partial charge in [-0.25, -0.2) is 4.67 Å². The maximum atomic E-state index is 13.3. The van der Waals surface area contributed by atoms with Crippen LogP contribution in [-0.2, 0) is 33.7 Å². The monoisotopic (exact) mass is 843 g/mol. The average molecular weight is 844 g/mol. The number of carbonyl (C=O) groups is 2. The van der Waals surface area contributed by atoms with Crippen molar-refractivity contribution in [2.24, 2.45) is 10.9 Å². The minimum Gasteiger partial charge on any atom is -0.497 e. The molecule has 3 aromatic carbocycles. The van der Waals surface area contributed by atoms with E-state index in [9.17, 15) is 14.9 Å². The molecule has 3 aromatic rings. The molecule has 16 heteroatoms. The number of ether oxygens (including phenoxy) is 4. The zero-order chi connectivity index (χ0) is 43.0. The lowest BCUT2D eigenvalue weighted by molar-refractivity contribution is -0.133. The van der Waals surface area contributed by atoms with Crippen LogP contribution in [0.2, 0.25) is 0 Å². The summed E-state index contributed by atoms with van der Waals surface area (Å²) in [5.74, 6) is 0.603. The van der Waals surface area contributed by atoms with Crippen molar-refractivity contribution in [2.75, 3.05) is 27.4 Å². The molecule has 6 rings (SSSR count). The number of nitrogens with zero attached hydrogens (tertiary/aromatic N) is 4. The molecule has 3 aliphatic rings. The molecular weight excluding hydrogens is 785 g/mol. The van der Waals surface area contributed by atoms with Gasteiger partial charge in [-0.1, -0.05) is 68.4 Å². The zero-order valence-corrected chi connectivity index (χ0v) is 36.5. The maximum absolute atomic E-state index is 13.3. The molecule has 0 aliphatic carbocycles. The summed E-state index contributed by atoms with van der Waals surface area (Å²) in [6, 6.07) is 27.2. The lowest BCUT2D eigenvalue weighted by Crippen LogP contribution is -2.71. The largest absolute Gasteiger partial charge is 0.497 e. The Morgan fingerprint density at radius 1 is 0.967 bits per heavy atom. The van der Waals surface area contributed by atoms with Gasteiger partial charge in [-0.3, -0.25) is 19.9 Å². The van der Waals surface area contributed by atoms with Crippen LogP contribution in [0.5, 0.6) is 11.5 Å². The molecule has 2 fully saturated rings. The minimum atomic E-state index is -1.67. The Kier molecular flexibility index (Phi) is 15.2. The maximum Gasteiger partial charge on any atom is 0.259 e. The molecule has 0 radical (unpaired) electrons. The van der Waals surface area contributed by atoms with Gasteiger partial charge in [0.05, 0.1) is 52.4 Å². The van der Waals surface area contributed by atoms with Crippen molar-refractivity contribution in [2.45, 2.75) is 109 Å². The van der Waals surface area contributed by atoms with Crippen molar-refractivity contribution >= 4 is 26.7 Å². The van der Waals surface area contributed by atoms with E-state index in [1.807, 2.05) is 83.8 Å². The Labute approximate surface area is 354 Å². The fourth-order valence-corrected chi connectivity index (χ4v) is 9.53. The molecule has 3 N–H and O–H groups in total. The van der Waals surface area contributed by atoms with E-state index in [1.165, 1.54) is 0 Å². The van der Waals surface area contributed by atoms with E-state index in [4.69, 9.17) is 28.0 Å². The molecular formula is C44H58N7O8P. The van der Waals surface area contributed by atoms with Crippen molar-refractivity contribution in [3.63, 3.8) is 0 Å². The number of rotatable bonds is 19. The van der Waals surface area contributed by atoms with E-state index < -0.39 is 51.1 Å². The van der Waals surface area contributed by atoms with Crippen LogP contribution in [0.25, 0.3) is 0 Å². The summed E-state index contributed by atoms with van der Waals surface area (Å²) in [6.45, 7) is 12.2. The third-order valence-electron chi connectivity index (χ3n) is 10.7. The molecule has 0 bridgehead atoms. The molecule has 2 amide bonds. The molecule has 322 valence electrons. The minimum absolute atomic E-state index is 0.0660. The number of nitrogens with one attached hydrogen (secondary N) is 3. The number of hydrogen-bond donors (Lipinski definition) is 3. The standard InChI is InChI=1S/C44H58N7O8P/c1-28(2)41(52)48-43-47-40-39(42(53)49-43)46-27-50(40)38-25-36(59-60(57-24-12-23-45)51(29(3)4)30(5)6)37(58-38)26-56-44(31-13-10-9-11-14-31,32-15-19-34(54-7)20-16-32)33-17-21-35(55-8)22-18-33/h9-11,13-22,27-30,36-40,43,47H,12,24-26H2,1-8H3,(H,48,52)(H,49,53). The van der Waals surface area contributed by atoms with Gasteiger partial charge in [0.2, 0.25) is 5.91 Å². The normalized spacial score (nSPS) is 23.2. The number of hydrogen-bond acceptors (Lipinski definition) is 13. The summed E-state index contributed by atoms with van der Waals surface area (Å²) in [5.41, 5.74) is 1.48. The van der Waals surface area contributed by atoms with Crippen LogP contribution < -0.4 is 25.4 Å². The predicted molar refractivity (Wildman–Crippen MR) is 228 cm³/mol. The highest BCUT2D eigenvalue weighted by molar-refractivity contribution is 7.44. The van der Waals surface area contributed by atoms with Crippen LogP contribution in [0.15, 0.2) is 83.9 Å². The molecule has 3 aliphatic heterocycles. The molecule has 15 nitrogen and oxygen atoms in total. The highest BCUT2D eigenvalue weighted by Crippen LogP contribution is 2.50. The Morgan fingerprint density at radius 3 is 2.12 bits per heavy atom. The first kappa shape index (κ1) is 44.9. The van der Waals surface area contributed by atoms with Gasteiger partial charge in [0.1, 0.15) is 35.6 Å². The molecule has 2 saturated heterocycles. The highest BCUT2D eigenvalue weighted by atomic mass is 31.2. The van der Waals surface area contributed by atoms with Gasteiger partial charge >= 0.3 is 0 Å². The Hall–Kier alpha value is -4.65. The van der Waals surface area contributed by atoms with Crippen LogP contribution in [-0.4, -0.2) is 104 Å². The molecule has 7 atom stereocenters. The molecule has 0 saturated carbocycles. The Morgan fingerprint density at radius 2 is 1.57 bits per heavy atom. The lowest BCUT2D eigenvalue weighted by atomic mass is 9.80. The van der Waals surface area contributed by atoms with Crippen molar-refractivity contribution in [3.05, 3.63) is 95.6 Å². The Bertz CT molecular complexity index is 1890. The number of benzene rings is 3. The second-order valence-electron chi connectivity index (χ2n) is 15.7. The van der Waals surface area contributed by atoms with Gasteiger partial charge in [-0.15, -0.1) is 0 Å². The van der Waals surface area contributed by atoms with Crippen molar-refractivity contribution in [3.8, 4) is 17.6 Å². The van der Waals surface area contributed by atoms with Crippen molar-refractivity contribution in [1.82, 2.24) is 25.5 Å². The van der Waals surface area contributed by atoms with Crippen LogP contribution >= 0.6 is 8.53 Å². The number of nitriles is 1. The van der Waals surface area contributed by atoms with E-state index in [0.717, 1.165) is 16.7 Å². The second kappa shape index (κ2) is 20.3. The third kappa shape index (κ3) is 9.93. The first-order valence-corrected chi connectivity index (χ1v) is 21.6. The number of amides is 2. The lowest BCUT2D eigenvalue weighted by Gasteiger charge is -2.39. The molecule has 7 unspecified atom stereocenters. The third-order valence-corrected chi connectivity index (χ3v) is 12.9. The quantitative estimate of drug-likeness (QED) is 0.0778. The second-order valence-corrected chi connectivity index (χ2v) is 17.2. The van der Waals surface area contributed by atoms with E-state index in [2.05, 4.69) is 59.4 Å². The summed E-state index contributed by atoms with van der Waals surface area (Å²) < 4.78 is 41.0. The highest BCUT2D eigenvalue weighted by Gasteiger charge is 2.50. The van der Waals surface area contributed by atoms with Gasteiger partial charge in [0, 0.05) is 24.4 Å². The van der Waals surface area contributed by atoms with E-state index in [-0.39, 0.29) is 49.5 Å². The first-order valence-electron chi connectivity index (χ1n) is 20.5. The summed E-state index contributed by atoms with van der Waals surface area (Å²) in [7, 11) is 1.60. The van der Waals surface area contributed by atoms with Gasteiger partial charge in [-0.05, 0) is 68.7 Å². The molecule has 0 aromatic heterocycles. The number of fused-ring (bicyclic) bond motifs is 1. The van der Waals surface area contributed by atoms with Crippen molar-refractivity contribution < 1.29 is 37.6 Å². The van der Waals surface area contributed by atoms with Gasteiger partial charge < -0.3 is 43.5 Å². The Balaban J connectivity index is 1.38. The number of carbonyl (C=O) groups excluding carboxylic acids is 2. The summed E-state index contributed by atoms with van der Waals surface area (Å²) >= 11 is 0. The van der Waals surface area contributed by atoms with Crippen LogP contribution in [0.1, 0.15) is 71.1 Å². The molecule has 60 heavy (non-hydrogen) atoms. The summed E-state index contributed by atoms with van der Waals surface area (Å²) in [4.78, 5) is 32.4. The van der Waals surface area contributed by atoms with E-state index in [0.29, 0.717) is 17.9 Å². The summed E-state index contributed by atoms with van der Waals surface area (Å²) in [5, 5.41) is 18.4. The zero-order valence-electron chi connectivity index (χ0n) is 35.6. The average Bonchev–Trinajstić information content (AvgIpc) is 3.85. The number of aliphatic imine (C=N–C) groups is 1. The molecule has 3 heterocycles. The SMILES string of the molecule is COc1ccc(C(OCC2OC(N3C=NC4C(=O)NC(NC(=O)C(C)C)NC43)CC2OP(OCCC#N)N(C(C)C)C(C)C)(c2ccccc2)c2ccc(OC)cc2)cc1. The molecule has 0 spiro atoms. The topological polar surface area (TPSA) is 168 Å². The van der Waals surface area contributed by atoms with Crippen molar-refractivity contribution in [1.29, 1.82) is 5.26 Å². The van der Waals surface area contributed by atoms with Crippen LogP contribution in [0.3, 0.4) is 0 Å². The van der Waals surface area contributed by atoms with Gasteiger partial charge in [0.25, 0.3) is 14.4 Å². The van der Waals surface area contributed by atoms with Gasteiger partial charge in [-0.2, -0.15) is 5.26 Å². The van der Waals surface area contributed by atoms with E-state index in [1.54, 1.807) is 34.4 Å². The summed E-state index contributed by atoms with van der Waals surface area (Å²) in [6.07, 6.45) is -1.05. The first-order chi connectivity index (χ1) is 28.9.